The molecule has 4 nitrogen and oxygen atoms in total. The minimum absolute atomic E-state index is 0.424. The quantitative estimate of drug-likeness (QED) is 0.931. The van der Waals surface area contributed by atoms with Crippen molar-refractivity contribution in [1.29, 1.82) is 0 Å². The maximum Gasteiger partial charge on any atom is 0.382 e. The minimum atomic E-state index is -1.33. The number of rotatable bonds is 3. The summed E-state index contributed by atoms with van der Waals surface area (Å²) >= 11 is 1.30. The van der Waals surface area contributed by atoms with Crippen LogP contribution < -0.4 is 5.32 Å². The zero-order valence-electron chi connectivity index (χ0n) is 9.07. The molecule has 1 saturated carbocycles. The molecule has 0 atom stereocenters. The summed E-state index contributed by atoms with van der Waals surface area (Å²) in [5.41, 5.74) is 0.0164. The first-order valence-corrected chi connectivity index (χ1v) is 6.18. The van der Waals surface area contributed by atoms with Crippen LogP contribution >= 0.6 is 11.3 Å². The Hall–Kier alpha value is -1.76. The van der Waals surface area contributed by atoms with Gasteiger partial charge in [-0.25, -0.2) is 19.1 Å². The molecule has 1 fully saturated rings. The van der Waals surface area contributed by atoms with Gasteiger partial charge >= 0.3 is 5.97 Å². The highest BCUT2D eigenvalue weighted by atomic mass is 32.1. The van der Waals surface area contributed by atoms with Gasteiger partial charge in [-0.15, -0.1) is 0 Å². The molecule has 1 N–H and O–H groups in total. The van der Waals surface area contributed by atoms with E-state index in [0.717, 1.165) is 18.9 Å². The molecule has 7 heteroatoms. The molecule has 1 aliphatic rings. The van der Waals surface area contributed by atoms with Crippen molar-refractivity contribution >= 4 is 32.7 Å². The second-order valence-corrected chi connectivity index (χ2v) is 5.13. The smallest absolute Gasteiger partial charge is 0.359 e. The van der Waals surface area contributed by atoms with Crippen LogP contribution in [0.25, 0.3) is 10.2 Å². The van der Waals surface area contributed by atoms with Crippen LogP contribution in [0.5, 0.6) is 0 Å². The van der Waals surface area contributed by atoms with E-state index in [4.69, 9.17) is 0 Å². The fraction of sp³-hybridized carbons (Fsp3) is 0.273. The van der Waals surface area contributed by atoms with E-state index >= 15 is 0 Å². The number of thiazole rings is 1. The average Bonchev–Trinajstić information content (AvgIpc) is 3.06. The lowest BCUT2D eigenvalue weighted by Crippen LogP contribution is -2.01. The molecule has 1 heterocycles. The lowest BCUT2D eigenvalue weighted by molar-refractivity contribution is -0.0791. The van der Waals surface area contributed by atoms with Crippen molar-refractivity contribution in [3.63, 3.8) is 0 Å². The predicted octanol–water partition coefficient (Wildman–Crippen LogP) is 3.05. The van der Waals surface area contributed by atoms with Gasteiger partial charge in [-0.05, 0) is 18.9 Å². The lowest BCUT2D eigenvalue weighted by atomic mass is 10.2. The van der Waals surface area contributed by atoms with Crippen LogP contribution in [0, 0.1) is 5.82 Å². The van der Waals surface area contributed by atoms with E-state index in [1.54, 1.807) is 0 Å². The highest BCUT2D eigenvalue weighted by Gasteiger charge is 2.23. The summed E-state index contributed by atoms with van der Waals surface area (Å²) in [6.07, 6.45) is 2.20. The molecular weight excluding hydrogens is 262 g/mol. The Morgan fingerprint density at radius 2 is 2.28 bits per heavy atom. The molecule has 1 aliphatic carbocycles. The van der Waals surface area contributed by atoms with Crippen molar-refractivity contribution in [3.8, 4) is 0 Å². The minimum Gasteiger partial charge on any atom is -0.359 e. The van der Waals surface area contributed by atoms with Gasteiger partial charge in [0, 0.05) is 16.6 Å². The Morgan fingerprint density at radius 3 is 2.94 bits per heavy atom. The Bertz CT molecular complexity index is 625. The third-order valence-corrected chi connectivity index (χ3v) is 3.62. The van der Waals surface area contributed by atoms with Crippen LogP contribution in [-0.2, 0) is 4.94 Å². The SMILES string of the molecule is O=C(OF)c1cc2sc(NC3CC3)nc2cc1F. The number of fused-ring (bicyclic) bond motifs is 1. The lowest BCUT2D eigenvalue weighted by Gasteiger charge is -1.96. The number of benzene rings is 1. The van der Waals surface area contributed by atoms with Gasteiger partial charge in [-0.2, -0.15) is 0 Å². The molecule has 3 rings (SSSR count). The predicted molar refractivity (Wildman–Crippen MR) is 62.7 cm³/mol. The first kappa shape index (κ1) is 11.3. The summed E-state index contributed by atoms with van der Waals surface area (Å²) in [5, 5.41) is 3.86. The maximum atomic E-state index is 13.5. The van der Waals surface area contributed by atoms with Crippen LogP contribution in [0.15, 0.2) is 12.1 Å². The van der Waals surface area contributed by atoms with Gasteiger partial charge in [-0.3, -0.25) is 0 Å². The Labute approximate surface area is 104 Å². The van der Waals surface area contributed by atoms with E-state index in [-0.39, 0.29) is 0 Å². The van der Waals surface area contributed by atoms with E-state index in [1.807, 2.05) is 0 Å². The second kappa shape index (κ2) is 4.16. The summed E-state index contributed by atoms with van der Waals surface area (Å²) in [7, 11) is 0. The van der Waals surface area contributed by atoms with Crippen LogP contribution in [0.1, 0.15) is 23.2 Å². The average molecular weight is 270 g/mol. The summed E-state index contributed by atoms with van der Waals surface area (Å²) in [5.74, 6) is -2.17. The number of carbonyl (C=O) groups is 1. The zero-order valence-corrected chi connectivity index (χ0v) is 9.89. The number of aromatic nitrogens is 1. The Balaban J connectivity index is 2.01. The van der Waals surface area contributed by atoms with Crippen molar-refractivity contribution in [2.24, 2.45) is 0 Å². The van der Waals surface area contributed by atoms with Crippen LogP contribution in [0.2, 0.25) is 0 Å². The molecule has 1 aromatic heterocycles. The molecular formula is C11H8F2N2O2S. The van der Waals surface area contributed by atoms with Gasteiger partial charge in [0.1, 0.15) is 11.4 Å². The largest absolute Gasteiger partial charge is 0.382 e. The zero-order chi connectivity index (χ0) is 12.7. The molecule has 2 aromatic rings. The summed E-state index contributed by atoms with van der Waals surface area (Å²) in [6, 6.07) is 2.80. The molecule has 0 amide bonds. The van der Waals surface area contributed by atoms with Gasteiger partial charge in [0.2, 0.25) is 0 Å². The first-order valence-electron chi connectivity index (χ1n) is 5.37. The van der Waals surface area contributed by atoms with E-state index in [0.29, 0.717) is 21.4 Å². The van der Waals surface area contributed by atoms with Crippen molar-refractivity contribution in [1.82, 2.24) is 4.98 Å². The first-order chi connectivity index (χ1) is 8.67. The summed E-state index contributed by atoms with van der Waals surface area (Å²) in [4.78, 5) is 18.2. The fourth-order valence-electron chi connectivity index (χ4n) is 1.61. The molecule has 0 saturated heterocycles. The van der Waals surface area contributed by atoms with Gasteiger partial charge in [0.25, 0.3) is 0 Å². The maximum absolute atomic E-state index is 13.5. The monoisotopic (exact) mass is 270 g/mol. The number of nitrogens with one attached hydrogen (secondary N) is 1. The topological polar surface area (TPSA) is 51.2 Å². The number of anilines is 1. The highest BCUT2D eigenvalue weighted by Crippen LogP contribution is 2.32. The van der Waals surface area contributed by atoms with Gasteiger partial charge in [-0.1, -0.05) is 11.3 Å². The van der Waals surface area contributed by atoms with Gasteiger partial charge in [0.15, 0.2) is 5.13 Å². The molecule has 0 unspecified atom stereocenters. The van der Waals surface area contributed by atoms with Crippen LogP contribution in [-0.4, -0.2) is 17.0 Å². The third kappa shape index (κ3) is 2.01. The second-order valence-electron chi connectivity index (χ2n) is 4.10. The van der Waals surface area contributed by atoms with Crippen LogP contribution in [0.3, 0.4) is 0 Å². The number of carbonyl (C=O) groups excluding carboxylic acids is 1. The van der Waals surface area contributed by atoms with Crippen molar-refractivity contribution in [3.05, 3.63) is 23.5 Å². The van der Waals surface area contributed by atoms with Crippen LogP contribution in [0.4, 0.5) is 14.0 Å². The van der Waals surface area contributed by atoms with E-state index < -0.39 is 17.3 Å². The van der Waals surface area contributed by atoms with Crippen molar-refractivity contribution in [2.45, 2.75) is 18.9 Å². The van der Waals surface area contributed by atoms with Crippen molar-refractivity contribution in [2.75, 3.05) is 5.32 Å². The van der Waals surface area contributed by atoms with Gasteiger partial charge in [0.05, 0.1) is 10.2 Å². The molecule has 1 aromatic carbocycles. The molecule has 0 bridgehead atoms. The van der Waals surface area contributed by atoms with E-state index in [9.17, 15) is 13.7 Å². The van der Waals surface area contributed by atoms with Gasteiger partial charge < -0.3 is 5.32 Å². The number of halogens is 2. The number of hydrogen-bond donors (Lipinski definition) is 1. The van der Waals surface area contributed by atoms with E-state index in [2.05, 4.69) is 15.2 Å². The highest BCUT2D eigenvalue weighted by molar-refractivity contribution is 7.22. The molecule has 0 radical (unpaired) electrons. The number of nitrogens with zero attached hydrogens (tertiary/aromatic N) is 1. The third-order valence-electron chi connectivity index (χ3n) is 2.67. The summed E-state index contributed by atoms with van der Waals surface area (Å²) < 4.78 is 25.9. The Kier molecular flexibility index (Phi) is 2.62. The molecule has 0 aliphatic heterocycles. The molecule has 18 heavy (non-hydrogen) atoms. The molecule has 0 spiro atoms. The molecule has 94 valence electrons. The van der Waals surface area contributed by atoms with Crippen molar-refractivity contribution < 1.29 is 18.7 Å². The normalized spacial score (nSPS) is 14.8. The summed E-state index contributed by atoms with van der Waals surface area (Å²) in [6.45, 7) is 0. The fourth-order valence-corrected chi connectivity index (χ4v) is 2.57. The van der Waals surface area contributed by atoms with E-state index in [1.165, 1.54) is 17.4 Å². The number of hydrogen-bond acceptors (Lipinski definition) is 5. The standard InChI is InChI=1S/C11H8F2N2O2S/c12-7-4-8-9(3-6(7)10(16)17-13)18-11(15-8)14-5-1-2-5/h3-5H,1-2H2,(H,14,15). The Morgan fingerprint density at radius 1 is 1.50 bits per heavy atom.